The summed E-state index contributed by atoms with van der Waals surface area (Å²) in [6, 6.07) is 14.8. The van der Waals surface area contributed by atoms with Crippen LogP contribution in [0.5, 0.6) is 0 Å². The van der Waals surface area contributed by atoms with E-state index in [0.717, 1.165) is 39.3 Å². The van der Waals surface area contributed by atoms with E-state index in [1.165, 1.54) is 12.1 Å². The van der Waals surface area contributed by atoms with Crippen LogP contribution in [-0.2, 0) is 4.74 Å². The molecule has 4 rings (SSSR count). The molecule has 0 aliphatic carbocycles. The molecule has 1 aliphatic rings. The Labute approximate surface area is 196 Å². The lowest BCUT2D eigenvalue weighted by Gasteiger charge is -2.26. The first-order valence-electron chi connectivity index (χ1n) is 10.7. The number of hydrogen-bond acceptors (Lipinski definition) is 6. The van der Waals surface area contributed by atoms with Crippen molar-refractivity contribution in [3.63, 3.8) is 0 Å². The molecule has 0 unspecified atom stereocenters. The number of aromatic nitrogens is 2. The molecular formula is C23H24ClN5O4. The van der Waals surface area contributed by atoms with Gasteiger partial charge in [0.05, 0.1) is 29.5 Å². The molecule has 0 saturated carbocycles. The van der Waals surface area contributed by atoms with Crippen LogP contribution in [0.1, 0.15) is 16.9 Å². The molecule has 1 fully saturated rings. The van der Waals surface area contributed by atoms with E-state index in [9.17, 15) is 14.9 Å². The normalized spacial score (nSPS) is 14.2. The zero-order chi connectivity index (χ0) is 23.2. The van der Waals surface area contributed by atoms with Gasteiger partial charge in [-0.25, -0.2) is 4.68 Å². The fraction of sp³-hybridized carbons (Fsp3) is 0.304. The molecule has 33 heavy (non-hydrogen) atoms. The summed E-state index contributed by atoms with van der Waals surface area (Å²) in [5.74, 6) is -0.243. The topological polar surface area (TPSA) is 103 Å². The molecule has 2 aromatic carbocycles. The van der Waals surface area contributed by atoms with E-state index >= 15 is 0 Å². The Balaban J connectivity index is 1.52. The molecule has 1 aromatic heterocycles. The monoisotopic (exact) mass is 469 g/mol. The maximum Gasteiger partial charge on any atom is 0.270 e. The average molecular weight is 470 g/mol. The Morgan fingerprint density at radius 2 is 1.82 bits per heavy atom. The first-order chi connectivity index (χ1) is 16.0. The van der Waals surface area contributed by atoms with Gasteiger partial charge in [-0.15, -0.1) is 0 Å². The van der Waals surface area contributed by atoms with Gasteiger partial charge in [0, 0.05) is 42.4 Å². The summed E-state index contributed by atoms with van der Waals surface area (Å²) in [6.45, 7) is 4.75. The number of nitrogens with zero attached hydrogens (tertiary/aromatic N) is 4. The molecule has 1 saturated heterocycles. The van der Waals surface area contributed by atoms with Crippen LogP contribution < -0.4 is 5.32 Å². The second kappa shape index (κ2) is 10.6. The van der Waals surface area contributed by atoms with Crippen molar-refractivity contribution < 1.29 is 14.5 Å². The molecule has 0 bridgehead atoms. The highest BCUT2D eigenvalue weighted by Crippen LogP contribution is 2.24. The minimum absolute atomic E-state index is 0.00545. The number of non-ortho nitro benzene ring substituents is 1. The summed E-state index contributed by atoms with van der Waals surface area (Å²) in [5.41, 5.74) is 2.27. The molecule has 1 amide bonds. The summed E-state index contributed by atoms with van der Waals surface area (Å²) >= 11 is 6.02. The Morgan fingerprint density at radius 3 is 2.48 bits per heavy atom. The lowest BCUT2D eigenvalue weighted by Crippen LogP contribution is -2.38. The molecule has 0 spiro atoms. The molecule has 3 aromatic rings. The number of nitrogens with one attached hydrogen (secondary N) is 1. The lowest BCUT2D eigenvalue weighted by atomic mass is 10.1. The molecule has 2 heterocycles. The first-order valence-corrected chi connectivity index (χ1v) is 11.1. The molecule has 0 radical (unpaired) electrons. The predicted octanol–water partition coefficient (Wildman–Crippen LogP) is 3.55. The van der Waals surface area contributed by atoms with Crippen molar-refractivity contribution in [3.8, 4) is 16.9 Å². The number of carbonyl (C=O) groups excluding carboxylic acids is 1. The predicted molar refractivity (Wildman–Crippen MR) is 125 cm³/mol. The quantitative estimate of drug-likeness (QED) is 0.307. The zero-order valence-electron chi connectivity index (χ0n) is 17.9. The van der Waals surface area contributed by atoms with Gasteiger partial charge in [-0.05, 0) is 55.4 Å². The first kappa shape index (κ1) is 22.9. The van der Waals surface area contributed by atoms with Crippen molar-refractivity contribution in [2.24, 2.45) is 0 Å². The van der Waals surface area contributed by atoms with E-state index in [2.05, 4.69) is 15.3 Å². The number of rotatable bonds is 8. The van der Waals surface area contributed by atoms with E-state index in [4.69, 9.17) is 16.3 Å². The third-order valence-corrected chi connectivity index (χ3v) is 5.68. The minimum atomic E-state index is -0.452. The van der Waals surface area contributed by atoms with Crippen LogP contribution in [0.2, 0.25) is 5.02 Å². The van der Waals surface area contributed by atoms with Crippen molar-refractivity contribution in [2.75, 3.05) is 39.4 Å². The number of hydrogen-bond donors (Lipinski definition) is 1. The van der Waals surface area contributed by atoms with E-state index in [-0.39, 0.29) is 11.6 Å². The summed E-state index contributed by atoms with van der Waals surface area (Å²) in [4.78, 5) is 25.8. The van der Waals surface area contributed by atoms with Crippen LogP contribution in [0.25, 0.3) is 16.9 Å². The number of amides is 1. The fourth-order valence-corrected chi connectivity index (χ4v) is 3.76. The molecule has 1 N–H and O–H groups in total. The second-order valence-corrected chi connectivity index (χ2v) is 8.11. The fourth-order valence-electron chi connectivity index (χ4n) is 3.64. The zero-order valence-corrected chi connectivity index (χ0v) is 18.7. The van der Waals surface area contributed by atoms with Crippen LogP contribution >= 0.6 is 11.6 Å². The molecule has 0 atom stereocenters. The number of benzene rings is 2. The van der Waals surface area contributed by atoms with E-state index in [1.54, 1.807) is 47.1 Å². The standard InChI is InChI=1S/C23H24ClN5O4/c24-18-4-8-19(9-5-18)28-22(23(30)25-10-1-11-27-12-14-33-15-13-27)16-21(26-28)17-2-6-20(7-3-17)29(31)32/h2-9,16H,1,10-15H2,(H,25,30). The summed E-state index contributed by atoms with van der Waals surface area (Å²) in [5, 5.41) is 19.1. The van der Waals surface area contributed by atoms with E-state index < -0.39 is 4.92 Å². The van der Waals surface area contributed by atoms with Gasteiger partial charge in [0.25, 0.3) is 11.6 Å². The highest BCUT2D eigenvalue weighted by molar-refractivity contribution is 6.30. The summed E-state index contributed by atoms with van der Waals surface area (Å²) < 4.78 is 6.92. The average Bonchev–Trinajstić information content (AvgIpc) is 3.28. The van der Waals surface area contributed by atoms with Crippen LogP contribution in [0.4, 0.5) is 5.69 Å². The Kier molecular flexibility index (Phi) is 7.33. The van der Waals surface area contributed by atoms with E-state index in [1.807, 2.05) is 0 Å². The molecular weight excluding hydrogens is 446 g/mol. The van der Waals surface area contributed by atoms with Gasteiger partial charge in [-0.2, -0.15) is 5.10 Å². The number of halogens is 1. The summed E-state index contributed by atoms with van der Waals surface area (Å²) in [7, 11) is 0. The van der Waals surface area contributed by atoms with Gasteiger partial charge >= 0.3 is 0 Å². The second-order valence-electron chi connectivity index (χ2n) is 7.67. The third-order valence-electron chi connectivity index (χ3n) is 5.43. The van der Waals surface area contributed by atoms with Gasteiger partial charge in [0.1, 0.15) is 5.69 Å². The number of nitro groups is 1. The number of nitro benzene ring substituents is 1. The van der Waals surface area contributed by atoms with Crippen molar-refractivity contribution in [1.82, 2.24) is 20.0 Å². The smallest absolute Gasteiger partial charge is 0.270 e. The van der Waals surface area contributed by atoms with E-state index in [0.29, 0.717) is 34.2 Å². The van der Waals surface area contributed by atoms with Crippen molar-refractivity contribution in [1.29, 1.82) is 0 Å². The molecule has 172 valence electrons. The van der Waals surface area contributed by atoms with Gasteiger partial charge in [-0.3, -0.25) is 19.8 Å². The van der Waals surface area contributed by atoms with Gasteiger partial charge in [-0.1, -0.05) is 11.6 Å². The van der Waals surface area contributed by atoms with Crippen LogP contribution in [-0.4, -0.2) is 64.9 Å². The van der Waals surface area contributed by atoms with Crippen LogP contribution in [0.15, 0.2) is 54.6 Å². The Hall–Kier alpha value is -3.27. The van der Waals surface area contributed by atoms with Crippen molar-refractivity contribution in [2.45, 2.75) is 6.42 Å². The Bertz CT molecular complexity index is 1110. The molecule has 1 aliphatic heterocycles. The largest absolute Gasteiger partial charge is 0.379 e. The van der Waals surface area contributed by atoms with Gasteiger partial charge in [0.15, 0.2) is 0 Å². The van der Waals surface area contributed by atoms with Crippen molar-refractivity contribution in [3.05, 3.63) is 75.4 Å². The third kappa shape index (κ3) is 5.75. The van der Waals surface area contributed by atoms with Gasteiger partial charge in [0.2, 0.25) is 0 Å². The number of ether oxygens (including phenoxy) is 1. The number of morpholine rings is 1. The number of carbonyl (C=O) groups is 1. The lowest BCUT2D eigenvalue weighted by molar-refractivity contribution is -0.384. The molecule has 10 heteroatoms. The SMILES string of the molecule is O=C(NCCCN1CCOCC1)c1cc(-c2ccc([N+](=O)[O-])cc2)nn1-c1ccc(Cl)cc1. The Morgan fingerprint density at radius 1 is 1.12 bits per heavy atom. The van der Waals surface area contributed by atoms with Crippen molar-refractivity contribution >= 4 is 23.2 Å². The maximum atomic E-state index is 13.0. The highest BCUT2D eigenvalue weighted by Gasteiger charge is 2.18. The summed E-state index contributed by atoms with van der Waals surface area (Å²) in [6.07, 6.45) is 0.829. The van der Waals surface area contributed by atoms with Crippen LogP contribution in [0.3, 0.4) is 0 Å². The highest BCUT2D eigenvalue weighted by atomic mass is 35.5. The van der Waals surface area contributed by atoms with Gasteiger partial charge < -0.3 is 10.1 Å². The molecule has 9 nitrogen and oxygen atoms in total. The minimum Gasteiger partial charge on any atom is -0.379 e. The van der Waals surface area contributed by atoms with Crippen LogP contribution in [0, 0.1) is 10.1 Å². The maximum absolute atomic E-state index is 13.0.